The molecule has 0 saturated carbocycles. The van der Waals surface area contributed by atoms with Crippen LogP contribution in [0.4, 0.5) is 0 Å². The van der Waals surface area contributed by atoms with Crippen molar-refractivity contribution < 1.29 is 0 Å². The topological polar surface area (TPSA) is 0 Å². The highest BCUT2D eigenvalue weighted by molar-refractivity contribution is 9.08. The fourth-order valence-corrected chi connectivity index (χ4v) is 1.29. The van der Waals surface area contributed by atoms with Gasteiger partial charge in [-0.1, -0.05) is 28.1 Å². The predicted octanol–water partition coefficient (Wildman–Crippen LogP) is 3.18. The molecule has 0 aromatic heterocycles. The lowest BCUT2D eigenvalue weighted by atomic mass is 10.2. The van der Waals surface area contributed by atoms with E-state index in [0.717, 1.165) is 10.2 Å². The van der Waals surface area contributed by atoms with E-state index in [1.54, 1.807) is 0 Å². The molecule has 54 valence electrons. The molecule has 0 atom stereocenters. The first kappa shape index (κ1) is 8.15. The first-order chi connectivity index (χ1) is 4.74. The summed E-state index contributed by atoms with van der Waals surface area (Å²) in [5.74, 6) is 0. The van der Waals surface area contributed by atoms with Gasteiger partial charge in [0.25, 0.3) is 0 Å². The molecule has 0 unspecified atom stereocenters. The van der Waals surface area contributed by atoms with Gasteiger partial charge in [-0.15, -0.1) is 12.6 Å². The van der Waals surface area contributed by atoms with Gasteiger partial charge >= 0.3 is 0 Å². The number of rotatable bonds is 1. The molecule has 0 aliphatic heterocycles. The largest absolute Gasteiger partial charge is 0.143 e. The lowest BCUT2D eigenvalue weighted by molar-refractivity contribution is 1.26. The summed E-state index contributed by atoms with van der Waals surface area (Å²) in [4.78, 5) is 1.06. The highest BCUT2D eigenvalue weighted by Gasteiger charge is 1.93. The van der Waals surface area contributed by atoms with Crippen molar-refractivity contribution >= 4 is 28.6 Å². The lowest BCUT2D eigenvalue weighted by Crippen LogP contribution is -1.80. The lowest BCUT2D eigenvalue weighted by Gasteiger charge is -1.99. The van der Waals surface area contributed by atoms with Crippen molar-refractivity contribution in [2.45, 2.75) is 17.1 Å². The van der Waals surface area contributed by atoms with Crippen molar-refractivity contribution in [1.82, 2.24) is 0 Å². The van der Waals surface area contributed by atoms with Crippen LogP contribution in [-0.2, 0) is 5.33 Å². The molecular weight excluding hydrogens is 208 g/mol. The molecule has 1 aromatic carbocycles. The number of hydrogen-bond acceptors (Lipinski definition) is 1. The summed E-state index contributed by atoms with van der Waals surface area (Å²) in [7, 11) is 0. The molecule has 1 rings (SSSR count). The van der Waals surface area contributed by atoms with Gasteiger partial charge in [-0.25, -0.2) is 0 Å². The van der Waals surface area contributed by atoms with Crippen LogP contribution < -0.4 is 0 Å². The van der Waals surface area contributed by atoms with Crippen molar-refractivity contribution in [2.75, 3.05) is 0 Å². The number of thiol groups is 1. The molecule has 2 heteroatoms. The summed E-state index contributed by atoms with van der Waals surface area (Å²) in [6, 6.07) is 6.23. The molecule has 0 amide bonds. The Labute approximate surface area is 75.2 Å². The maximum atomic E-state index is 4.27. The molecule has 1 aromatic rings. The summed E-state index contributed by atoms with van der Waals surface area (Å²) < 4.78 is 0. The maximum Gasteiger partial charge on any atom is 0.0283 e. The van der Waals surface area contributed by atoms with Crippen LogP contribution in [0.3, 0.4) is 0 Å². The van der Waals surface area contributed by atoms with Gasteiger partial charge in [-0.3, -0.25) is 0 Å². The third-order valence-corrected chi connectivity index (χ3v) is 2.56. The second-order valence-corrected chi connectivity index (χ2v) is 3.30. The number of hydrogen-bond donors (Lipinski definition) is 1. The maximum absolute atomic E-state index is 4.27. The zero-order chi connectivity index (χ0) is 7.56. The zero-order valence-electron chi connectivity index (χ0n) is 5.76. The highest BCUT2D eigenvalue weighted by atomic mass is 79.9. The molecule has 0 spiro atoms. The monoisotopic (exact) mass is 216 g/mol. The second kappa shape index (κ2) is 3.44. The Morgan fingerprint density at radius 3 is 2.70 bits per heavy atom. The molecular formula is C8H9BrS. The van der Waals surface area contributed by atoms with E-state index in [1.165, 1.54) is 11.1 Å². The van der Waals surface area contributed by atoms with Crippen LogP contribution in [0.15, 0.2) is 23.1 Å². The van der Waals surface area contributed by atoms with E-state index >= 15 is 0 Å². The van der Waals surface area contributed by atoms with Gasteiger partial charge in [0.1, 0.15) is 0 Å². The average molecular weight is 217 g/mol. The molecule has 10 heavy (non-hydrogen) atoms. The van der Waals surface area contributed by atoms with E-state index in [1.807, 2.05) is 6.07 Å². The number of halogens is 1. The Hall–Kier alpha value is 0.0500. The minimum atomic E-state index is 0.919. The molecule has 0 heterocycles. The third-order valence-electron chi connectivity index (χ3n) is 1.42. The number of benzene rings is 1. The van der Waals surface area contributed by atoms with Crippen LogP contribution >= 0.6 is 28.6 Å². The van der Waals surface area contributed by atoms with Gasteiger partial charge in [0.2, 0.25) is 0 Å². The van der Waals surface area contributed by atoms with Crippen molar-refractivity contribution in [3.63, 3.8) is 0 Å². The smallest absolute Gasteiger partial charge is 0.0283 e. The summed E-state index contributed by atoms with van der Waals surface area (Å²) in [5.41, 5.74) is 2.54. The van der Waals surface area contributed by atoms with Gasteiger partial charge < -0.3 is 0 Å². The van der Waals surface area contributed by atoms with Crippen molar-refractivity contribution in [2.24, 2.45) is 0 Å². The van der Waals surface area contributed by atoms with E-state index < -0.39 is 0 Å². The Morgan fingerprint density at radius 2 is 2.20 bits per heavy atom. The van der Waals surface area contributed by atoms with Crippen molar-refractivity contribution in [3.05, 3.63) is 29.3 Å². The van der Waals surface area contributed by atoms with Crippen LogP contribution in [0, 0.1) is 6.92 Å². The first-order valence-corrected chi connectivity index (χ1v) is 4.65. The van der Waals surface area contributed by atoms with E-state index in [4.69, 9.17) is 0 Å². The van der Waals surface area contributed by atoms with Crippen LogP contribution in [0.5, 0.6) is 0 Å². The minimum Gasteiger partial charge on any atom is -0.143 e. The molecule has 0 radical (unpaired) electrons. The standard InChI is InChI=1S/C8H9BrS/c1-6-4-7(5-9)2-3-8(6)10/h2-4,10H,5H2,1H3. The van der Waals surface area contributed by atoms with Crippen LogP contribution in [0.2, 0.25) is 0 Å². The van der Waals surface area contributed by atoms with Gasteiger partial charge in [0.15, 0.2) is 0 Å². The Morgan fingerprint density at radius 1 is 1.50 bits per heavy atom. The molecule has 0 aliphatic rings. The molecule has 0 bridgehead atoms. The first-order valence-electron chi connectivity index (χ1n) is 3.08. The molecule has 0 fully saturated rings. The zero-order valence-corrected chi connectivity index (χ0v) is 8.24. The molecule has 0 N–H and O–H groups in total. The van der Waals surface area contributed by atoms with Crippen molar-refractivity contribution in [3.8, 4) is 0 Å². The fourth-order valence-electron chi connectivity index (χ4n) is 0.801. The second-order valence-electron chi connectivity index (χ2n) is 2.25. The Bertz CT molecular complexity index is 233. The number of aryl methyl sites for hydroxylation is 1. The molecule has 0 saturated heterocycles. The Balaban J connectivity index is 3.04. The van der Waals surface area contributed by atoms with Crippen molar-refractivity contribution in [1.29, 1.82) is 0 Å². The van der Waals surface area contributed by atoms with Crippen LogP contribution in [0.25, 0.3) is 0 Å². The summed E-state index contributed by atoms with van der Waals surface area (Å²) in [5, 5.41) is 0.919. The Kier molecular flexibility index (Phi) is 2.81. The van der Waals surface area contributed by atoms with Crippen LogP contribution in [-0.4, -0.2) is 0 Å². The predicted molar refractivity (Wildman–Crippen MR) is 51.1 cm³/mol. The fraction of sp³-hybridized carbons (Fsp3) is 0.250. The third kappa shape index (κ3) is 1.77. The van der Waals surface area contributed by atoms with Crippen LogP contribution in [0.1, 0.15) is 11.1 Å². The van der Waals surface area contributed by atoms with Gasteiger partial charge in [0, 0.05) is 10.2 Å². The van der Waals surface area contributed by atoms with Gasteiger partial charge in [0.05, 0.1) is 0 Å². The van der Waals surface area contributed by atoms with E-state index in [9.17, 15) is 0 Å². The van der Waals surface area contributed by atoms with E-state index in [2.05, 4.69) is 47.6 Å². The minimum absolute atomic E-state index is 0.919. The van der Waals surface area contributed by atoms with E-state index in [0.29, 0.717) is 0 Å². The SMILES string of the molecule is Cc1cc(CBr)ccc1S. The average Bonchev–Trinajstić information content (AvgIpc) is 1.95. The summed E-state index contributed by atoms with van der Waals surface area (Å²) in [6.07, 6.45) is 0. The highest BCUT2D eigenvalue weighted by Crippen LogP contribution is 2.15. The quantitative estimate of drug-likeness (QED) is 0.542. The van der Waals surface area contributed by atoms with Gasteiger partial charge in [-0.05, 0) is 24.1 Å². The summed E-state index contributed by atoms with van der Waals surface area (Å²) >= 11 is 7.66. The summed E-state index contributed by atoms with van der Waals surface area (Å²) in [6.45, 7) is 2.06. The van der Waals surface area contributed by atoms with E-state index in [-0.39, 0.29) is 0 Å². The normalized spacial score (nSPS) is 9.90. The molecule has 0 aliphatic carbocycles. The molecule has 0 nitrogen and oxygen atoms in total. The number of alkyl halides is 1. The van der Waals surface area contributed by atoms with Gasteiger partial charge in [-0.2, -0.15) is 0 Å².